The highest BCUT2D eigenvalue weighted by atomic mass is 16.5. The summed E-state index contributed by atoms with van der Waals surface area (Å²) in [6.45, 7) is 1.02. The van der Waals surface area contributed by atoms with Crippen molar-refractivity contribution in [3.8, 4) is 0 Å². The largest absolute Gasteiger partial charge is 0.465 e. The third-order valence-electron chi connectivity index (χ3n) is 2.89. The molecule has 2 N–H and O–H groups in total. The van der Waals surface area contributed by atoms with Gasteiger partial charge in [0.05, 0.1) is 25.9 Å². The van der Waals surface area contributed by atoms with Gasteiger partial charge in [-0.25, -0.2) is 4.79 Å². The molecule has 0 bridgehead atoms. The smallest absolute Gasteiger partial charge is 0.337 e. The molecule has 4 nitrogen and oxygen atoms in total. The Morgan fingerprint density at radius 2 is 1.45 bits per heavy atom. The standard InChI is InChI=1S/C16H17NO3/c1-19-16(18)14-6-2-12(3-7-14)10-20-11-13-4-8-15(17)9-5-13/h2-9H,10-11,17H2,1H3. The van der Waals surface area contributed by atoms with E-state index in [0.29, 0.717) is 18.8 Å². The van der Waals surface area contributed by atoms with Crippen molar-refractivity contribution in [3.05, 3.63) is 65.2 Å². The van der Waals surface area contributed by atoms with Gasteiger partial charge in [0, 0.05) is 5.69 Å². The van der Waals surface area contributed by atoms with E-state index in [1.54, 1.807) is 12.1 Å². The molecule has 2 rings (SSSR count). The Balaban J connectivity index is 1.85. The van der Waals surface area contributed by atoms with E-state index < -0.39 is 0 Å². The first-order valence-corrected chi connectivity index (χ1v) is 6.28. The lowest BCUT2D eigenvalue weighted by molar-refractivity contribution is 0.0600. The molecule has 0 fully saturated rings. The van der Waals surface area contributed by atoms with E-state index in [-0.39, 0.29) is 5.97 Å². The summed E-state index contributed by atoms with van der Waals surface area (Å²) in [4.78, 5) is 11.3. The van der Waals surface area contributed by atoms with E-state index >= 15 is 0 Å². The van der Waals surface area contributed by atoms with Gasteiger partial charge >= 0.3 is 5.97 Å². The topological polar surface area (TPSA) is 61.5 Å². The van der Waals surface area contributed by atoms with Crippen LogP contribution in [0.2, 0.25) is 0 Å². The molecule has 0 saturated carbocycles. The van der Waals surface area contributed by atoms with Gasteiger partial charge in [0.1, 0.15) is 0 Å². The summed E-state index contributed by atoms with van der Waals surface area (Å²) in [6.07, 6.45) is 0. The predicted octanol–water partition coefficient (Wildman–Crippen LogP) is 2.77. The minimum Gasteiger partial charge on any atom is -0.465 e. The zero-order valence-electron chi connectivity index (χ0n) is 11.3. The van der Waals surface area contributed by atoms with Crippen molar-refractivity contribution in [2.45, 2.75) is 13.2 Å². The molecule has 4 heteroatoms. The molecule has 0 aliphatic carbocycles. The normalized spacial score (nSPS) is 10.2. The number of benzene rings is 2. The second-order valence-electron chi connectivity index (χ2n) is 4.42. The zero-order chi connectivity index (χ0) is 14.4. The minimum absolute atomic E-state index is 0.334. The number of carbonyl (C=O) groups excluding carboxylic acids is 1. The van der Waals surface area contributed by atoms with Gasteiger partial charge in [-0.1, -0.05) is 24.3 Å². The lowest BCUT2D eigenvalue weighted by Crippen LogP contribution is -2.01. The van der Waals surface area contributed by atoms with Gasteiger partial charge in [-0.2, -0.15) is 0 Å². The average Bonchev–Trinajstić information content (AvgIpc) is 2.49. The number of methoxy groups -OCH3 is 1. The van der Waals surface area contributed by atoms with E-state index in [9.17, 15) is 4.79 Å². The number of ether oxygens (including phenoxy) is 2. The Kier molecular flexibility index (Phi) is 4.74. The van der Waals surface area contributed by atoms with Crippen molar-refractivity contribution in [1.29, 1.82) is 0 Å². The van der Waals surface area contributed by atoms with E-state index in [0.717, 1.165) is 16.8 Å². The fourth-order valence-corrected chi connectivity index (χ4v) is 1.76. The van der Waals surface area contributed by atoms with Gasteiger partial charge in [-0.15, -0.1) is 0 Å². The molecule has 0 saturated heterocycles. The van der Waals surface area contributed by atoms with Crippen LogP contribution in [0.3, 0.4) is 0 Å². The van der Waals surface area contributed by atoms with Crippen molar-refractivity contribution >= 4 is 11.7 Å². The van der Waals surface area contributed by atoms with E-state index in [2.05, 4.69) is 4.74 Å². The summed E-state index contributed by atoms with van der Waals surface area (Å²) in [5.41, 5.74) is 8.98. The third-order valence-corrected chi connectivity index (χ3v) is 2.89. The van der Waals surface area contributed by atoms with Crippen molar-refractivity contribution in [1.82, 2.24) is 0 Å². The molecule has 0 heterocycles. The maximum absolute atomic E-state index is 11.3. The molecule has 2 aromatic rings. The number of carbonyl (C=O) groups is 1. The Labute approximate surface area is 118 Å². The number of hydrogen-bond acceptors (Lipinski definition) is 4. The molecule has 20 heavy (non-hydrogen) atoms. The molecule has 2 aromatic carbocycles. The highest BCUT2D eigenvalue weighted by Gasteiger charge is 2.04. The summed E-state index contributed by atoms with van der Waals surface area (Å²) in [6, 6.07) is 14.8. The van der Waals surface area contributed by atoms with Crippen molar-refractivity contribution in [2.24, 2.45) is 0 Å². The number of anilines is 1. The van der Waals surface area contributed by atoms with Crippen LogP contribution in [0.4, 0.5) is 5.69 Å². The molecule has 104 valence electrons. The van der Waals surface area contributed by atoms with Crippen LogP contribution in [-0.2, 0) is 22.7 Å². The van der Waals surface area contributed by atoms with Crippen LogP contribution in [0.25, 0.3) is 0 Å². The Hall–Kier alpha value is -2.33. The molecule has 0 aliphatic rings. The number of esters is 1. The van der Waals surface area contributed by atoms with Crippen molar-refractivity contribution in [2.75, 3.05) is 12.8 Å². The van der Waals surface area contributed by atoms with Crippen LogP contribution in [0.1, 0.15) is 21.5 Å². The lowest BCUT2D eigenvalue weighted by Gasteiger charge is -2.06. The Morgan fingerprint density at radius 1 is 0.950 bits per heavy atom. The van der Waals surface area contributed by atoms with Gasteiger partial charge in [-0.3, -0.25) is 0 Å². The maximum Gasteiger partial charge on any atom is 0.337 e. The molecular weight excluding hydrogens is 254 g/mol. The molecule has 0 unspecified atom stereocenters. The van der Waals surface area contributed by atoms with Crippen LogP contribution in [0, 0.1) is 0 Å². The van der Waals surface area contributed by atoms with Crippen LogP contribution in [0.15, 0.2) is 48.5 Å². The summed E-state index contributed by atoms with van der Waals surface area (Å²) in [5, 5.41) is 0. The fraction of sp³-hybridized carbons (Fsp3) is 0.188. The Morgan fingerprint density at radius 3 is 1.95 bits per heavy atom. The van der Waals surface area contributed by atoms with Crippen LogP contribution < -0.4 is 5.73 Å². The van der Waals surface area contributed by atoms with E-state index in [1.807, 2.05) is 36.4 Å². The van der Waals surface area contributed by atoms with E-state index in [4.69, 9.17) is 10.5 Å². The fourth-order valence-electron chi connectivity index (χ4n) is 1.76. The summed E-state index contributed by atoms with van der Waals surface area (Å²) in [5.74, 6) is -0.334. The summed E-state index contributed by atoms with van der Waals surface area (Å²) < 4.78 is 10.3. The molecule has 0 aromatic heterocycles. The average molecular weight is 271 g/mol. The summed E-state index contributed by atoms with van der Waals surface area (Å²) >= 11 is 0. The second kappa shape index (κ2) is 6.73. The monoisotopic (exact) mass is 271 g/mol. The zero-order valence-corrected chi connectivity index (χ0v) is 11.3. The maximum atomic E-state index is 11.3. The minimum atomic E-state index is -0.334. The van der Waals surface area contributed by atoms with Crippen molar-refractivity contribution < 1.29 is 14.3 Å². The predicted molar refractivity (Wildman–Crippen MR) is 77.1 cm³/mol. The number of rotatable bonds is 5. The number of hydrogen-bond donors (Lipinski definition) is 1. The lowest BCUT2D eigenvalue weighted by atomic mass is 10.1. The molecule has 0 aliphatic heterocycles. The number of nitrogen functional groups attached to an aromatic ring is 1. The van der Waals surface area contributed by atoms with Crippen molar-refractivity contribution in [3.63, 3.8) is 0 Å². The van der Waals surface area contributed by atoms with Gasteiger partial charge in [0.2, 0.25) is 0 Å². The SMILES string of the molecule is COC(=O)c1ccc(COCc2ccc(N)cc2)cc1. The number of nitrogens with two attached hydrogens (primary N) is 1. The highest BCUT2D eigenvalue weighted by molar-refractivity contribution is 5.89. The van der Waals surface area contributed by atoms with Gasteiger partial charge in [-0.05, 0) is 35.4 Å². The first-order valence-electron chi connectivity index (χ1n) is 6.28. The molecule has 0 spiro atoms. The molecule has 0 radical (unpaired) electrons. The Bertz CT molecular complexity index is 561. The van der Waals surface area contributed by atoms with Gasteiger partial charge < -0.3 is 15.2 Å². The molecule has 0 amide bonds. The molecular formula is C16H17NO3. The second-order valence-corrected chi connectivity index (χ2v) is 4.42. The highest BCUT2D eigenvalue weighted by Crippen LogP contribution is 2.10. The summed E-state index contributed by atoms with van der Waals surface area (Å²) in [7, 11) is 1.37. The van der Waals surface area contributed by atoms with Gasteiger partial charge in [0.25, 0.3) is 0 Å². The van der Waals surface area contributed by atoms with Crippen LogP contribution in [0.5, 0.6) is 0 Å². The molecule has 0 atom stereocenters. The third kappa shape index (κ3) is 3.83. The quantitative estimate of drug-likeness (QED) is 0.671. The first-order chi connectivity index (χ1) is 9.69. The van der Waals surface area contributed by atoms with Gasteiger partial charge in [0.15, 0.2) is 0 Å². The van der Waals surface area contributed by atoms with Crippen LogP contribution in [-0.4, -0.2) is 13.1 Å². The first kappa shape index (κ1) is 14.1. The van der Waals surface area contributed by atoms with E-state index in [1.165, 1.54) is 7.11 Å². The van der Waals surface area contributed by atoms with Crippen LogP contribution >= 0.6 is 0 Å².